The minimum Gasteiger partial charge on any atom is -0.299 e. The Morgan fingerprint density at radius 2 is 0.917 bits per heavy atom. The molecule has 2 aromatic carbocycles. The normalized spacial score (nSPS) is 39.5. The lowest BCUT2D eigenvalue weighted by atomic mass is 9.60. The Labute approximate surface area is 217 Å². The van der Waals surface area contributed by atoms with Crippen molar-refractivity contribution in [3.63, 3.8) is 0 Å². The highest BCUT2D eigenvalue weighted by atomic mass is 16.1. The van der Waals surface area contributed by atoms with Crippen LogP contribution in [-0.4, -0.2) is 11.6 Å². The summed E-state index contributed by atoms with van der Waals surface area (Å²) in [4.78, 5) is 28.8. The molecule has 4 saturated carbocycles. The molecule has 2 aromatic rings. The number of rotatable bonds is 5. The van der Waals surface area contributed by atoms with Gasteiger partial charge in [0.2, 0.25) is 0 Å². The van der Waals surface area contributed by atoms with E-state index in [1.165, 1.54) is 11.1 Å². The number of fused-ring (bicyclic) bond motifs is 4. The van der Waals surface area contributed by atoms with Crippen LogP contribution in [0.15, 0.2) is 60.7 Å². The second-order valence-electron chi connectivity index (χ2n) is 14.1. The predicted molar refractivity (Wildman–Crippen MR) is 145 cm³/mol. The molecule has 4 bridgehead atoms. The van der Waals surface area contributed by atoms with Crippen molar-refractivity contribution < 1.29 is 9.59 Å². The molecular weight excluding hydrogens is 440 g/mol. The molecule has 0 spiro atoms. The molecule has 0 unspecified atom stereocenters. The molecule has 0 saturated heterocycles. The Morgan fingerprint density at radius 1 is 0.583 bits per heavy atom. The summed E-state index contributed by atoms with van der Waals surface area (Å²) in [6.45, 7) is 13.8. The Hall–Kier alpha value is -2.22. The van der Waals surface area contributed by atoms with Gasteiger partial charge in [0.25, 0.3) is 0 Å². The Bertz CT molecular complexity index is 1100. The fourth-order valence-corrected chi connectivity index (χ4v) is 9.77. The van der Waals surface area contributed by atoms with E-state index in [0.717, 1.165) is 25.7 Å². The van der Waals surface area contributed by atoms with Gasteiger partial charge in [0.15, 0.2) is 0 Å². The second-order valence-corrected chi connectivity index (χ2v) is 14.1. The van der Waals surface area contributed by atoms with Crippen molar-refractivity contribution in [3.05, 3.63) is 71.8 Å². The van der Waals surface area contributed by atoms with Crippen LogP contribution in [0.5, 0.6) is 0 Å². The van der Waals surface area contributed by atoms with Crippen LogP contribution in [0.4, 0.5) is 0 Å². The molecule has 0 N–H and O–H groups in total. The van der Waals surface area contributed by atoms with Crippen LogP contribution in [0.1, 0.15) is 90.2 Å². The molecule has 4 aliphatic rings. The molecule has 4 fully saturated rings. The predicted octanol–water partition coefficient (Wildman–Crippen LogP) is 7.84. The Kier molecular flexibility index (Phi) is 5.13. The topological polar surface area (TPSA) is 34.1 Å². The van der Waals surface area contributed by atoms with Gasteiger partial charge in [0.05, 0.1) is 0 Å². The Morgan fingerprint density at radius 3 is 1.19 bits per heavy atom. The maximum Gasteiger partial charge on any atom is 0.143 e. The van der Waals surface area contributed by atoms with E-state index in [4.69, 9.17) is 0 Å². The highest BCUT2D eigenvalue weighted by Gasteiger charge is 2.71. The average molecular weight is 483 g/mol. The van der Waals surface area contributed by atoms with E-state index < -0.39 is 0 Å². The number of carbonyl (C=O) groups is 2. The minimum absolute atomic E-state index is 0.0141. The minimum atomic E-state index is -0.277. The molecule has 6 rings (SSSR count). The van der Waals surface area contributed by atoms with Crippen molar-refractivity contribution in [2.75, 3.05) is 0 Å². The summed E-state index contributed by atoms with van der Waals surface area (Å²) in [5, 5.41) is 0. The summed E-state index contributed by atoms with van der Waals surface area (Å²) < 4.78 is 0. The lowest BCUT2D eigenvalue weighted by molar-refractivity contribution is -0.135. The van der Waals surface area contributed by atoms with Gasteiger partial charge in [-0.05, 0) is 59.5 Å². The van der Waals surface area contributed by atoms with Gasteiger partial charge in [0.1, 0.15) is 11.6 Å². The zero-order valence-corrected chi connectivity index (χ0v) is 22.9. The van der Waals surface area contributed by atoms with Crippen molar-refractivity contribution in [1.29, 1.82) is 0 Å². The van der Waals surface area contributed by atoms with Crippen LogP contribution < -0.4 is 0 Å². The van der Waals surface area contributed by atoms with Crippen molar-refractivity contribution in [2.45, 2.75) is 79.1 Å². The zero-order chi connectivity index (χ0) is 25.7. The largest absolute Gasteiger partial charge is 0.299 e. The standard InChI is InChI=1S/C34H42O2/c1-31(2)23-17-19-33(31,5)29(35)27(23)25(21-13-9-7-10-14-21)26(22-15-11-8-12-16-22)28-24-18-20-34(6,30(28)36)32(24,3)4/h7-16,23-28H,17-20H2,1-6H3/t23-,24-,25+,26+,27-,28+,33+,34+/m1/s1. The average Bonchev–Trinajstić information content (AvgIpc) is 3.35. The summed E-state index contributed by atoms with van der Waals surface area (Å²) in [7, 11) is 0. The molecule has 0 radical (unpaired) electrons. The highest BCUT2D eigenvalue weighted by molar-refractivity contribution is 5.94. The monoisotopic (exact) mass is 482 g/mol. The maximum absolute atomic E-state index is 14.4. The van der Waals surface area contributed by atoms with Crippen molar-refractivity contribution in [3.8, 4) is 0 Å². The smallest absolute Gasteiger partial charge is 0.143 e. The van der Waals surface area contributed by atoms with E-state index in [0.29, 0.717) is 23.4 Å². The van der Waals surface area contributed by atoms with E-state index >= 15 is 0 Å². The first-order valence-electron chi connectivity index (χ1n) is 14.2. The maximum atomic E-state index is 14.4. The fourth-order valence-electron chi connectivity index (χ4n) is 9.77. The highest BCUT2D eigenvalue weighted by Crippen LogP contribution is 2.73. The summed E-state index contributed by atoms with van der Waals surface area (Å²) in [5.74, 6) is 1.52. The molecule has 0 aromatic heterocycles. The van der Waals surface area contributed by atoms with Crippen molar-refractivity contribution in [1.82, 2.24) is 0 Å². The van der Waals surface area contributed by atoms with E-state index in [1.807, 2.05) is 0 Å². The summed E-state index contributed by atoms with van der Waals surface area (Å²) in [6, 6.07) is 21.5. The van der Waals surface area contributed by atoms with Crippen molar-refractivity contribution >= 4 is 11.6 Å². The Balaban J connectivity index is 1.57. The van der Waals surface area contributed by atoms with E-state index in [2.05, 4.69) is 102 Å². The number of hydrogen-bond donors (Lipinski definition) is 0. The van der Waals surface area contributed by atoms with Crippen LogP contribution in [-0.2, 0) is 9.59 Å². The zero-order valence-electron chi connectivity index (χ0n) is 22.9. The number of benzene rings is 2. The van der Waals surface area contributed by atoms with E-state index in [9.17, 15) is 9.59 Å². The lowest BCUT2D eigenvalue weighted by Crippen LogP contribution is -2.41. The molecule has 2 nitrogen and oxygen atoms in total. The van der Waals surface area contributed by atoms with Gasteiger partial charge in [-0.1, -0.05) is 102 Å². The number of carbonyl (C=O) groups excluding carboxylic acids is 2. The molecule has 0 amide bonds. The van der Waals surface area contributed by atoms with E-state index in [-0.39, 0.29) is 45.3 Å². The number of hydrogen-bond acceptors (Lipinski definition) is 2. The van der Waals surface area contributed by atoms with Crippen LogP contribution in [0.2, 0.25) is 0 Å². The molecular formula is C34H42O2. The van der Waals surface area contributed by atoms with Crippen LogP contribution >= 0.6 is 0 Å². The molecule has 0 heterocycles. The first-order valence-corrected chi connectivity index (χ1v) is 14.2. The van der Waals surface area contributed by atoms with Crippen LogP contribution in [0.25, 0.3) is 0 Å². The number of ketones is 2. The fraction of sp³-hybridized carbons (Fsp3) is 0.588. The second kappa shape index (κ2) is 7.65. The van der Waals surface area contributed by atoms with Gasteiger partial charge in [-0.2, -0.15) is 0 Å². The SMILES string of the molecule is CC1(C)[C@@H]2CC[C@@]1(C)C(=O)[C@@H]2[C@@H](c1ccccc1)[C@H](c1ccccc1)[C@@H]1C(=O)[C@]2(C)CC[C@H]1C2(C)C. The third-order valence-electron chi connectivity index (χ3n) is 12.7. The summed E-state index contributed by atoms with van der Waals surface area (Å²) in [5.41, 5.74) is 1.87. The number of Topliss-reactive ketones (excluding diaryl/α,β-unsaturated/α-hetero) is 2. The quantitative estimate of drug-likeness (QED) is 0.435. The summed E-state index contributed by atoms with van der Waals surface area (Å²) >= 11 is 0. The van der Waals surface area contributed by atoms with Crippen molar-refractivity contribution in [2.24, 2.45) is 45.3 Å². The molecule has 0 aliphatic heterocycles. The molecule has 36 heavy (non-hydrogen) atoms. The van der Waals surface area contributed by atoms with Gasteiger partial charge in [-0.3, -0.25) is 9.59 Å². The molecule has 190 valence electrons. The molecule has 4 aliphatic carbocycles. The third kappa shape index (κ3) is 2.80. The van der Waals surface area contributed by atoms with Gasteiger partial charge < -0.3 is 0 Å². The summed E-state index contributed by atoms with van der Waals surface area (Å²) in [6.07, 6.45) is 4.20. The third-order valence-corrected chi connectivity index (χ3v) is 12.7. The first kappa shape index (κ1) is 24.1. The van der Waals surface area contributed by atoms with Gasteiger partial charge in [-0.15, -0.1) is 0 Å². The van der Waals surface area contributed by atoms with Gasteiger partial charge >= 0.3 is 0 Å². The van der Waals surface area contributed by atoms with Crippen LogP contribution in [0, 0.1) is 45.3 Å². The van der Waals surface area contributed by atoms with Gasteiger partial charge in [0, 0.05) is 34.5 Å². The first-order chi connectivity index (χ1) is 17.0. The molecule has 8 atom stereocenters. The van der Waals surface area contributed by atoms with Gasteiger partial charge in [-0.25, -0.2) is 0 Å². The lowest BCUT2D eigenvalue weighted by Gasteiger charge is -2.42. The van der Waals surface area contributed by atoms with E-state index in [1.54, 1.807) is 0 Å². The van der Waals surface area contributed by atoms with Crippen LogP contribution in [0.3, 0.4) is 0 Å². The molecule has 2 heteroatoms.